The summed E-state index contributed by atoms with van der Waals surface area (Å²) in [6.45, 7) is 9.47. The molecule has 2 nitrogen and oxygen atoms in total. The van der Waals surface area contributed by atoms with E-state index in [2.05, 4.69) is 43.0 Å². The number of unbranched alkanes of at least 4 members (excludes halogenated alkanes) is 20. The van der Waals surface area contributed by atoms with E-state index < -0.39 is 0 Å². The maximum atomic E-state index is 2.68. The zero-order chi connectivity index (χ0) is 24.5. The molecule has 0 aromatic heterocycles. The van der Waals surface area contributed by atoms with Gasteiger partial charge < -0.3 is 9.80 Å². The molecule has 0 radical (unpaired) electrons. The highest BCUT2D eigenvalue weighted by Crippen LogP contribution is 2.23. The molecule has 1 atom stereocenters. The van der Waals surface area contributed by atoms with Gasteiger partial charge in [0.15, 0.2) is 0 Å². The summed E-state index contributed by atoms with van der Waals surface area (Å²) in [6.07, 6.45) is 39.5. The van der Waals surface area contributed by atoms with Crippen LogP contribution >= 0.6 is 0 Å². The van der Waals surface area contributed by atoms with Gasteiger partial charge in [0, 0.05) is 25.5 Å². The lowest BCUT2D eigenvalue weighted by atomic mass is 10.1. The van der Waals surface area contributed by atoms with Gasteiger partial charge in [-0.1, -0.05) is 149 Å². The van der Waals surface area contributed by atoms with Gasteiger partial charge >= 0.3 is 0 Å². The van der Waals surface area contributed by atoms with Crippen LogP contribution in [-0.4, -0.2) is 29.1 Å². The third-order valence-corrected chi connectivity index (χ3v) is 7.82. The first kappa shape index (κ1) is 31.4. The molecule has 0 saturated carbocycles. The number of hydrogen-bond acceptors (Lipinski definition) is 2. The molecular weight excluding hydrogens is 412 g/mol. The molecule has 0 spiro atoms. The van der Waals surface area contributed by atoms with E-state index in [1.54, 1.807) is 0 Å². The summed E-state index contributed by atoms with van der Waals surface area (Å²) in [5.74, 6) is 0. The van der Waals surface area contributed by atoms with Gasteiger partial charge in [-0.3, -0.25) is 0 Å². The van der Waals surface area contributed by atoms with Gasteiger partial charge in [0.1, 0.15) is 6.17 Å². The monoisotopic (exact) mass is 477 g/mol. The van der Waals surface area contributed by atoms with Crippen LogP contribution in [0.4, 0.5) is 0 Å². The van der Waals surface area contributed by atoms with Gasteiger partial charge in [0.25, 0.3) is 0 Å². The maximum absolute atomic E-state index is 2.68. The minimum Gasteiger partial charge on any atom is -0.356 e. The van der Waals surface area contributed by atoms with Gasteiger partial charge in [0.05, 0.1) is 0 Å². The van der Waals surface area contributed by atoms with Gasteiger partial charge in [-0.25, -0.2) is 0 Å². The predicted molar refractivity (Wildman–Crippen MR) is 154 cm³/mol. The van der Waals surface area contributed by atoms with E-state index in [9.17, 15) is 0 Å². The lowest BCUT2D eigenvalue weighted by molar-refractivity contribution is 0.135. The quantitative estimate of drug-likeness (QED) is 0.114. The second kappa shape index (κ2) is 24.1. The van der Waals surface area contributed by atoms with E-state index in [0.717, 1.165) is 0 Å². The number of nitrogens with zero attached hydrogens (tertiary/aromatic N) is 2. The average Bonchev–Trinajstić information content (AvgIpc) is 3.23. The Labute approximate surface area is 216 Å². The Kier molecular flexibility index (Phi) is 22.2. The normalized spacial score (nSPS) is 15.7. The molecule has 0 aliphatic carbocycles. The molecule has 0 fully saturated rings. The Bertz CT molecular complexity index is 433. The molecule has 0 aromatic rings. The molecule has 202 valence electrons. The van der Waals surface area contributed by atoms with Crippen LogP contribution in [0.25, 0.3) is 0 Å². The van der Waals surface area contributed by atoms with Gasteiger partial charge in [-0.15, -0.1) is 0 Å². The highest BCUT2D eigenvalue weighted by Gasteiger charge is 2.24. The van der Waals surface area contributed by atoms with Crippen molar-refractivity contribution in [3.8, 4) is 0 Å². The van der Waals surface area contributed by atoms with Crippen LogP contribution in [-0.2, 0) is 0 Å². The summed E-state index contributed by atoms with van der Waals surface area (Å²) < 4.78 is 0. The molecule has 1 unspecified atom stereocenters. The van der Waals surface area contributed by atoms with E-state index in [0.29, 0.717) is 6.17 Å². The van der Waals surface area contributed by atoms with E-state index in [1.807, 2.05) is 0 Å². The third-order valence-electron chi connectivity index (χ3n) is 7.82. The van der Waals surface area contributed by atoms with Gasteiger partial charge in [0.2, 0.25) is 0 Å². The minimum atomic E-state index is 0.643. The predicted octanol–water partition coefficient (Wildman–Crippen LogP) is 10.8. The van der Waals surface area contributed by atoms with Crippen molar-refractivity contribution in [2.45, 2.75) is 181 Å². The van der Waals surface area contributed by atoms with Crippen LogP contribution in [0, 0.1) is 0 Å². The Balaban J connectivity index is 2.18. The highest BCUT2D eigenvalue weighted by molar-refractivity contribution is 4.97. The lowest BCUT2D eigenvalue weighted by Crippen LogP contribution is -2.39. The van der Waals surface area contributed by atoms with Crippen molar-refractivity contribution in [2.24, 2.45) is 0 Å². The molecule has 0 saturated heterocycles. The summed E-state index contributed by atoms with van der Waals surface area (Å²) in [5.41, 5.74) is 0. The van der Waals surface area contributed by atoms with Gasteiger partial charge in [-0.05, 0) is 25.7 Å². The molecule has 0 bridgehead atoms. The molecule has 0 N–H and O–H groups in total. The Hall–Kier alpha value is -0.660. The lowest BCUT2D eigenvalue weighted by Gasteiger charge is -2.33. The summed E-state index contributed by atoms with van der Waals surface area (Å²) in [5, 5.41) is 0. The molecular formula is C32H64N2. The third kappa shape index (κ3) is 16.9. The van der Waals surface area contributed by atoms with Crippen LogP contribution in [0.15, 0.2) is 12.4 Å². The standard InChI is InChI=1S/C32H64N2/c1-4-7-10-13-15-17-19-21-23-26-29-34-31-30-33(32(34)27-24-12-9-6-3)28-25-22-20-18-16-14-11-8-5-2/h30-32H,4-29H2,1-3H3. The van der Waals surface area contributed by atoms with Crippen molar-refractivity contribution in [2.75, 3.05) is 13.1 Å². The van der Waals surface area contributed by atoms with Gasteiger partial charge in [-0.2, -0.15) is 0 Å². The van der Waals surface area contributed by atoms with Crippen molar-refractivity contribution in [1.82, 2.24) is 9.80 Å². The number of rotatable bonds is 26. The largest absolute Gasteiger partial charge is 0.356 e. The summed E-state index contributed by atoms with van der Waals surface area (Å²) >= 11 is 0. The molecule has 0 amide bonds. The summed E-state index contributed by atoms with van der Waals surface area (Å²) in [4.78, 5) is 5.37. The summed E-state index contributed by atoms with van der Waals surface area (Å²) in [6, 6.07) is 0. The van der Waals surface area contributed by atoms with E-state index in [1.165, 1.54) is 167 Å². The topological polar surface area (TPSA) is 6.48 Å². The van der Waals surface area contributed by atoms with Crippen LogP contribution in [0.5, 0.6) is 0 Å². The molecule has 1 aliphatic rings. The average molecular weight is 477 g/mol. The first-order valence-electron chi connectivity index (χ1n) is 16.0. The fourth-order valence-corrected chi connectivity index (χ4v) is 5.48. The molecule has 2 heteroatoms. The van der Waals surface area contributed by atoms with Crippen molar-refractivity contribution >= 4 is 0 Å². The van der Waals surface area contributed by atoms with Crippen LogP contribution in [0.3, 0.4) is 0 Å². The Morgan fingerprint density at radius 2 is 0.676 bits per heavy atom. The fraction of sp³-hybridized carbons (Fsp3) is 0.938. The smallest absolute Gasteiger partial charge is 0.101 e. The van der Waals surface area contributed by atoms with E-state index >= 15 is 0 Å². The first-order chi connectivity index (χ1) is 16.8. The SMILES string of the molecule is CCCCCCCCCCCCN1C=CN(CCCCCCCCCCC)C1CCCCCC. The molecule has 1 aliphatic heterocycles. The molecule has 1 rings (SSSR count). The number of hydrogen-bond donors (Lipinski definition) is 0. The molecule has 34 heavy (non-hydrogen) atoms. The van der Waals surface area contributed by atoms with Crippen LogP contribution in [0.2, 0.25) is 0 Å². The highest BCUT2D eigenvalue weighted by atomic mass is 15.4. The zero-order valence-electron chi connectivity index (χ0n) is 24.0. The second-order valence-corrected chi connectivity index (χ2v) is 11.1. The van der Waals surface area contributed by atoms with Crippen molar-refractivity contribution < 1.29 is 0 Å². The van der Waals surface area contributed by atoms with Crippen LogP contribution in [0.1, 0.15) is 175 Å². The van der Waals surface area contributed by atoms with Crippen LogP contribution < -0.4 is 0 Å². The fourth-order valence-electron chi connectivity index (χ4n) is 5.48. The Morgan fingerprint density at radius 3 is 1.03 bits per heavy atom. The minimum absolute atomic E-state index is 0.643. The maximum Gasteiger partial charge on any atom is 0.101 e. The Morgan fingerprint density at radius 1 is 0.382 bits per heavy atom. The van der Waals surface area contributed by atoms with Crippen molar-refractivity contribution in [3.63, 3.8) is 0 Å². The van der Waals surface area contributed by atoms with Crippen molar-refractivity contribution in [3.05, 3.63) is 12.4 Å². The van der Waals surface area contributed by atoms with Crippen molar-refractivity contribution in [1.29, 1.82) is 0 Å². The first-order valence-corrected chi connectivity index (χ1v) is 16.0. The molecule has 1 heterocycles. The van der Waals surface area contributed by atoms with E-state index in [4.69, 9.17) is 0 Å². The van der Waals surface area contributed by atoms with E-state index in [-0.39, 0.29) is 0 Å². The second-order valence-electron chi connectivity index (χ2n) is 11.1. The zero-order valence-corrected chi connectivity index (χ0v) is 24.0. The summed E-state index contributed by atoms with van der Waals surface area (Å²) in [7, 11) is 0. The molecule has 0 aromatic carbocycles.